The molecule has 0 fully saturated rings. The molecule has 106 valence electrons. The van der Waals surface area contributed by atoms with E-state index in [4.69, 9.17) is 14.9 Å². The summed E-state index contributed by atoms with van der Waals surface area (Å²) in [5.41, 5.74) is 9.58. The maximum atomic E-state index is 5.90. The molecule has 1 aromatic heterocycles. The number of rotatable bonds is 4. The number of nitrogens with two attached hydrogens (primary N) is 1. The van der Waals surface area contributed by atoms with Gasteiger partial charge in [-0.3, -0.25) is 0 Å². The normalized spacial score (nSPS) is 14.1. The van der Waals surface area contributed by atoms with E-state index < -0.39 is 0 Å². The van der Waals surface area contributed by atoms with Crippen molar-refractivity contribution in [3.63, 3.8) is 0 Å². The fourth-order valence-corrected chi connectivity index (χ4v) is 2.79. The second-order valence-corrected chi connectivity index (χ2v) is 5.42. The van der Waals surface area contributed by atoms with Gasteiger partial charge < -0.3 is 14.9 Å². The molecule has 20 heavy (non-hydrogen) atoms. The van der Waals surface area contributed by atoms with Crippen molar-refractivity contribution in [2.24, 2.45) is 5.73 Å². The third-order valence-electron chi connectivity index (χ3n) is 3.99. The molecule has 1 aliphatic rings. The summed E-state index contributed by atoms with van der Waals surface area (Å²) in [7, 11) is 0. The highest BCUT2D eigenvalue weighted by Crippen LogP contribution is 2.26. The second kappa shape index (κ2) is 5.71. The molecule has 2 N–H and O–H groups in total. The van der Waals surface area contributed by atoms with Crippen molar-refractivity contribution >= 4 is 0 Å². The third-order valence-corrected chi connectivity index (χ3v) is 3.99. The summed E-state index contributed by atoms with van der Waals surface area (Å²) in [6.07, 6.45) is 4.98. The van der Waals surface area contributed by atoms with E-state index in [2.05, 4.69) is 18.2 Å². The lowest BCUT2D eigenvalue weighted by atomic mass is 9.92. The zero-order valence-corrected chi connectivity index (χ0v) is 11.9. The number of aryl methyl sites for hydroxylation is 3. The molecule has 0 bridgehead atoms. The maximum absolute atomic E-state index is 5.90. The highest BCUT2D eigenvalue weighted by Gasteiger charge is 2.11. The van der Waals surface area contributed by atoms with Crippen LogP contribution in [-0.2, 0) is 26.0 Å². The minimum atomic E-state index is 0.430. The van der Waals surface area contributed by atoms with Gasteiger partial charge in [0.15, 0.2) is 0 Å². The van der Waals surface area contributed by atoms with Crippen molar-refractivity contribution in [3.05, 3.63) is 52.5 Å². The van der Waals surface area contributed by atoms with Gasteiger partial charge in [0.2, 0.25) is 0 Å². The van der Waals surface area contributed by atoms with Crippen LogP contribution < -0.4 is 10.5 Å². The molecule has 0 saturated carbocycles. The standard InChI is InChI=1S/C17H21NO2/c1-12-15(9-17(10-18)20-12)11-19-16-7-6-13-4-2-3-5-14(13)8-16/h6-9H,2-5,10-11,18H2,1H3. The van der Waals surface area contributed by atoms with Crippen molar-refractivity contribution < 1.29 is 9.15 Å². The van der Waals surface area contributed by atoms with Gasteiger partial charge in [-0.1, -0.05) is 6.07 Å². The Labute approximate surface area is 119 Å². The van der Waals surface area contributed by atoms with Gasteiger partial charge in [0, 0.05) is 5.56 Å². The summed E-state index contributed by atoms with van der Waals surface area (Å²) < 4.78 is 11.4. The van der Waals surface area contributed by atoms with Gasteiger partial charge >= 0.3 is 0 Å². The first-order chi connectivity index (χ1) is 9.76. The predicted molar refractivity (Wildman–Crippen MR) is 78.8 cm³/mol. The topological polar surface area (TPSA) is 48.4 Å². The van der Waals surface area contributed by atoms with Crippen LogP contribution in [0.4, 0.5) is 0 Å². The molecule has 0 saturated heterocycles. The van der Waals surface area contributed by atoms with Gasteiger partial charge in [0.1, 0.15) is 23.9 Å². The Hall–Kier alpha value is -1.74. The number of hydrogen-bond acceptors (Lipinski definition) is 3. The smallest absolute Gasteiger partial charge is 0.120 e. The number of fused-ring (bicyclic) bond motifs is 1. The van der Waals surface area contributed by atoms with Crippen LogP contribution in [0.5, 0.6) is 5.75 Å². The summed E-state index contributed by atoms with van der Waals surface area (Å²) in [4.78, 5) is 0. The SMILES string of the molecule is Cc1oc(CN)cc1COc1ccc2c(c1)CCCC2. The Balaban J connectivity index is 1.70. The Morgan fingerprint density at radius 3 is 2.70 bits per heavy atom. The van der Waals surface area contributed by atoms with E-state index in [1.165, 1.54) is 36.8 Å². The first-order valence-electron chi connectivity index (χ1n) is 7.29. The number of benzene rings is 1. The van der Waals surface area contributed by atoms with Gasteiger partial charge in [-0.2, -0.15) is 0 Å². The zero-order valence-electron chi connectivity index (χ0n) is 11.9. The van der Waals surface area contributed by atoms with Crippen molar-refractivity contribution in [1.82, 2.24) is 0 Å². The molecule has 0 amide bonds. The highest BCUT2D eigenvalue weighted by atomic mass is 16.5. The molecule has 3 rings (SSSR count). The van der Waals surface area contributed by atoms with Crippen LogP contribution in [0.15, 0.2) is 28.7 Å². The molecule has 3 heteroatoms. The molecule has 0 radical (unpaired) electrons. The molecule has 0 unspecified atom stereocenters. The van der Waals surface area contributed by atoms with Crippen LogP contribution >= 0.6 is 0 Å². The molecular weight excluding hydrogens is 250 g/mol. The Morgan fingerprint density at radius 2 is 1.95 bits per heavy atom. The monoisotopic (exact) mass is 271 g/mol. The molecule has 0 atom stereocenters. The minimum absolute atomic E-state index is 0.430. The Morgan fingerprint density at radius 1 is 1.15 bits per heavy atom. The van der Waals surface area contributed by atoms with Gasteiger partial charge in [-0.25, -0.2) is 0 Å². The lowest BCUT2D eigenvalue weighted by molar-refractivity contribution is 0.302. The largest absolute Gasteiger partial charge is 0.489 e. The summed E-state index contributed by atoms with van der Waals surface area (Å²) in [6.45, 7) is 2.92. The van der Waals surface area contributed by atoms with Gasteiger partial charge in [0.05, 0.1) is 6.54 Å². The summed E-state index contributed by atoms with van der Waals surface area (Å²) in [6, 6.07) is 8.45. The van der Waals surface area contributed by atoms with Crippen LogP contribution in [0.1, 0.15) is 41.1 Å². The van der Waals surface area contributed by atoms with E-state index in [-0.39, 0.29) is 0 Å². The Kier molecular flexibility index (Phi) is 3.79. The van der Waals surface area contributed by atoms with Crippen LogP contribution in [0.2, 0.25) is 0 Å². The fourth-order valence-electron chi connectivity index (χ4n) is 2.79. The molecule has 0 spiro atoms. The summed E-state index contributed by atoms with van der Waals surface area (Å²) in [5, 5.41) is 0. The first-order valence-corrected chi connectivity index (χ1v) is 7.29. The van der Waals surface area contributed by atoms with Crippen LogP contribution in [-0.4, -0.2) is 0 Å². The van der Waals surface area contributed by atoms with E-state index in [1.54, 1.807) is 0 Å². The quantitative estimate of drug-likeness (QED) is 0.925. The molecular formula is C17H21NO2. The summed E-state index contributed by atoms with van der Waals surface area (Å²) in [5.74, 6) is 2.65. The van der Waals surface area contributed by atoms with Crippen molar-refractivity contribution in [2.75, 3.05) is 0 Å². The zero-order chi connectivity index (χ0) is 13.9. The van der Waals surface area contributed by atoms with E-state index in [0.29, 0.717) is 13.2 Å². The fraction of sp³-hybridized carbons (Fsp3) is 0.412. The summed E-state index contributed by atoms with van der Waals surface area (Å²) >= 11 is 0. The number of ether oxygens (including phenoxy) is 1. The van der Waals surface area contributed by atoms with Crippen LogP contribution in [0, 0.1) is 6.92 Å². The van der Waals surface area contributed by atoms with Crippen molar-refractivity contribution in [3.8, 4) is 5.75 Å². The minimum Gasteiger partial charge on any atom is -0.489 e. The predicted octanol–water partition coefficient (Wildman–Crippen LogP) is 3.50. The van der Waals surface area contributed by atoms with E-state index in [9.17, 15) is 0 Å². The maximum Gasteiger partial charge on any atom is 0.120 e. The molecule has 1 aromatic carbocycles. The van der Waals surface area contributed by atoms with E-state index in [0.717, 1.165) is 22.8 Å². The average molecular weight is 271 g/mol. The molecule has 3 nitrogen and oxygen atoms in total. The highest BCUT2D eigenvalue weighted by molar-refractivity contribution is 5.37. The lowest BCUT2D eigenvalue weighted by Gasteiger charge is -2.16. The number of hydrogen-bond donors (Lipinski definition) is 1. The van der Waals surface area contributed by atoms with Gasteiger partial charge in [-0.05, 0) is 61.9 Å². The molecule has 0 aliphatic heterocycles. The van der Waals surface area contributed by atoms with Gasteiger partial charge in [0.25, 0.3) is 0 Å². The van der Waals surface area contributed by atoms with E-state index >= 15 is 0 Å². The van der Waals surface area contributed by atoms with Gasteiger partial charge in [-0.15, -0.1) is 0 Å². The molecule has 1 heterocycles. The van der Waals surface area contributed by atoms with Crippen molar-refractivity contribution in [2.45, 2.75) is 45.8 Å². The third kappa shape index (κ3) is 2.73. The average Bonchev–Trinajstić information content (AvgIpc) is 2.85. The van der Waals surface area contributed by atoms with Crippen LogP contribution in [0.25, 0.3) is 0 Å². The first kappa shape index (κ1) is 13.3. The number of furan rings is 1. The lowest BCUT2D eigenvalue weighted by Crippen LogP contribution is -2.03. The molecule has 1 aliphatic carbocycles. The Bertz CT molecular complexity index is 601. The van der Waals surface area contributed by atoms with E-state index in [1.807, 2.05) is 13.0 Å². The second-order valence-electron chi connectivity index (χ2n) is 5.42. The molecule has 2 aromatic rings. The van der Waals surface area contributed by atoms with Crippen molar-refractivity contribution in [1.29, 1.82) is 0 Å². The van der Waals surface area contributed by atoms with Crippen LogP contribution in [0.3, 0.4) is 0 Å².